The largest absolute Gasteiger partial charge is 0.375 e. The minimum absolute atomic E-state index is 0.308. The summed E-state index contributed by atoms with van der Waals surface area (Å²) in [7, 11) is 0. The van der Waals surface area contributed by atoms with Crippen LogP contribution in [-0.2, 0) is 4.74 Å². The molecule has 0 bridgehead atoms. The second-order valence-corrected chi connectivity index (χ2v) is 7.04. The van der Waals surface area contributed by atoms with Crippen LogP contribution in [0.15, 0.2) is 0 Å². The molecule has 2 heteroatoms. The van der Waals surface area contributed by atoms with Gasteiger partial charge in [-0.1, -0.05) is 27.7 Å². The van der Waals surface area contributed by atoms with E-state index in [4.69, 9.17) is 4.74 Å². The van der Waals surface area contributed by atoms with Crippen molar-refractivity contribution in [3.05, 3.63) is 0 Å². The van der Waals surface area contributed by atoms with Crippen LogP contribution in [0.2, 0.25) is 0 Å². The lowest BCUT2D eigenvalue weighted by atomic mass is 9.67. The zero-order valence-electron chi connectivity index (χ0n) is 12.7. The van der Waals surface area contributed by atoms with Gasteiger partial charge < -0.3 is 10.1 Å². The third kappa shape index (κ3) is 3.27. The summed E-state index contributed by atoms with van der Waals surface area (Å²) in [5.41, 5.74) is 0.308. The molecule has 1 heterocycles. The van der Waals surface area contributed by atoms with Crippen LogP contribution >= 0.6 is 0 Å². The first-order valence-corrected chi connectivity index (χ1v) is 7.90. The summed E-state index contributed by atoms with van der Waals surface area (Å²) >= 11 is 0. The molecule has 0 aromatic rings. The third-order valence-corrected chi connectivity index (χ3v) is 5.29. The van der Waals surface area contributed by atoms with E-state index in [0.717, 1.165) is 30.9 Å². The molecule has 1 saturated carbocycles. The molecule has 0 aromatic heterocycles. The van der Waals surface area contributed by atoms with Gasteiger partial charge in [-0.05, 0) is 56.4 Å². The molecule has 1 saturated heterocycles. The average molecular weight is 253 g/mol. The highest BCUT2D eigenvalue weighted by Gasteiger charge is 2.44. The van der Waals surface area contributed by atoms with E-state index in [1.807, 2.05) is 0 Å². The van der Waals surface area contributed by atoms with E-state index in [9.17, 15) is 0 Å². The summed E-state index contributed by atoms with van der Waals surface area (Å²) < 4.78 is 6.04. The summed E-state index contributed by atoms with van der Waals surface area (Å²) in [4.78, 5) is 0. The number of rotatable bonds is 5. The molecular formula is C16H31NO. The highest BCUT2D eigenvalue weighted by Crippen LogP contribution is 2.46. The fourth-order valence-electron chi connectivity index (χ4n) is 3.51. The lowest BCUT2D eigenvalue weighted by Gasteiger charge is -2.49. The molecule has 3 atom stereocenters. The molecule has 2 nitrogen and oxygen atoms in total. The van der Waals surface area contributed by atoms with Crippen molar-refractivity contribution in [2.24, 2.45) is 17.8 Å². The van der Waals surface area contributed by atoms with E-state index in [0.29, 0.717) is 11.6 Å². The fourth-order valence-corrected chi connectivity index (χ4v) is 3.51. The Bertz CT molecular complexity index is 260. The van der Waals surface area contributed by atoms with Crippen molar-refractivity contribution in [2.75, 3.05) is 13.2 Å². The van der Waals surface area contributed by atoms with Gasteiger partial charge in [0.2, 0.25) is 0 Å². The first-order valence-electron chi connectivity index (χ1n) is 7.90. The van der Waals surface area contributed by atoms with Gasteiger partial charge >= 0.3 is 0 Å². The van der Waals surface area contributed by atoms with Crippen LogP contribution in [0, 0.1) is 17.8 Å². The summed E-state index contributed by atoms with van der Waals surface area (Å²) in [6.07, 6.45) is 6.60. The van der Waals surface area contributed by atoms with Crippen LogP contribution < -0.4 is 5.32 Å². The predicted molar refractivity (Wildman–Crippen MR) is 76.7 cm³/mol. The molecule has 1 aliphatic carbocycles. The van der Waals surface area contributed by atoms with Crippen molar-refractivity contribution < 1.29 is 4.74 Å². The maximum atomic E-state index is 6.04. The smallest absolute Gasteiger partial charge is 0.0685 e. The minimum atomic E-state index is 0.308. The van der Waals surface area contributed by atoms with E-state index in [1.165, 1.54) is 32.1 Å². The Kier molecular flexibility index (Phi) is 4.71. The van der Waals surface area contributed by atoms with Crippen molar-refractivity contribution in [1.82, 2.24) is 5.32 Å². The van der Waals surface area contributed by atoms with Gasteiger partial charge in [0, 0.05) is 12.6 Å². The van der Waals surface area contributed by atoms with Crippen LogP contribution in [0.3, 0.4) is 0 Å². The van der Waals surface area contributed by atoms with Crippen molar-refractivity contribution in [3.8, 4) is 0 Å². The summed E-state index contributed by atoms with van der Waals surface area (Å²) in [6, 6.07) is 0.604. The van der Waals surface area contributed by atoms with Crippen molar-refractivity contribution in [2.45, 2.75) is 71.4 Å². The number of nitrogens with one attached hydrogen (secondary N) is 1. The molecule has 0 radical (unpaired) electrons. The fraction of sp³-hybridized carbons (Fsp3) is 1.00. The highest BCUT2D eigenvalue weighted by atomic mass is 16.5. The van der Waals surface area contributed by atoms with Gasteiger partial charge in [0.05, 0.1) is 5.60 Å². The monoisotopic (exact) mass is 253 g/mol. The van der Waals surface area contributed by atoms with Gasteiger partial charge in [0.15, 0.2) is 0 Å². The van der Waals surface area contributed by atoms with E-state index in [-0.39, 0.29) is 0 Å². The van der Waals surface area contributed by atoms with Crippen LogP contribution in [0.25, 0.3) is 0 Å². The molecule has 2 rings (SSSR count). The third-order valence-electron chi connectivity index (χ3n) is 5.29. The molecule has 0 aromatic carbocycles. The average Bonchev–Trinajstić information content (AvgIpc) is 2.33. The topological polar surface area (TPSA) is 21.3 Å². The summed E-state index contributed by atoms with van der Waals surface area (Å²) in [6.45, 7) is 11.5. The normalized spacial score (nSPS) is 30.2. The van der Waals surface area contributed by atoms with Gasteiger partial charge in [0.1, 0.15) is 0 Å². The van der Waals surface area contributed by atoms with E-state index < -0.39 is 0 Å². The molecule has 1 aliphatic heterocycles. The highest BCUT2D eigenvalue weighted by molar-refractivity contribution is 4.95. The molecule has 1 N–H and O–H groups in total. The lowest BCUT2D eigenvalue weighted by molar-refractivity contribution is -0.151. The van der Waals surface area contributed by atoms with Gasteiger partial charge in [-0.2, -0.15) is 0 Å². The molecule has 2 fully saturated rings. The predicted octanol–water partition coefficient (Wildman–Crippen LogP) is 3.61. The second kappa shape index (κ2) is 5.92. The summed E-state index contributed by atoms with van der Waals surface area (Å²) in [5, 5.41) is 3.58. The van der Waals surface area contributed by atoms with Crippen molar-refractivity contribution in [3.63, 3.8) is 0 Å². The Morgan fingerprint density at radius 3 is 2.50 bits per heavy atom. The molecule has 1 spiro atoms. The first-order chi connectivity index (χ1) is 8.52. The Balaban J connectivity index is 1.82. The standard InChI is InChI=1S/C16H31NO/c1-12(2)17-11-13(3)14(4)15-6-9-18-16(10-15)7-5-8-16/h12-15,17H,5-11H2,1-4H3. The van der Waals surface area contributed by atoms with Gasteiger partial charge in [0.25, 0.3) is 0 Å². The van der Waals surface area contributed by atoms with E-state index in [1.54, 1.807) is 0 Å². The molecule has 18 heavy (non-hydrogen) atoms. The van der Waals surface area contributed by atoms with E-state index in [2.05, 4.69) is 33.0 Å². The molecule has 0 amide bonds. The number of ether oxygens (including phenoxy) is 1. The molecule has 106 valence electrons. The maximum absolute atomic E-state index is 6.04. The van der Waals surface area contributed by atoms with Crippen LogP contribution in [0.5, 0.6) is 0 Å². The van der Waals surface area contributed by atoms with Crippen molar-refractivity contribution >= 4 is 0 Å². The van der Waals surface area contributed by atoms with Crippen LogP contribution in [0.1, 0.15) is 59.8 Å². The van der Waals surface area contributed by atoms with Gasteiger partial charge in [-0.3, -0.25) is 0 Å². The Morgan fingerprint density at radius 2 is 1.94 bits per heavy atom. The van der Waals surface area contributed by atoms with E-state index >= 15 is 0 Å². The quantitative estimate of drug-likeness (QED) is 0.808. The summed E-state index contributed by atoms with van der Waals surface area (Å²) in [5.74, 6) is 2.47. The Morgan fingerprint density at radius 1 is 1.22 bits per heavy atom. The Hall–Kier alpha value is -0.0800. The lowest BCUT2D eigenvalue weighted by Crippen LogP contribution is -2.47. The van der Waals surface area contributed by atoms with Crippen LogP contribution in [0.4, 0.5) is 0 Å². The Labute approximate surface area is 113 Å². The van der Waals surface area contributed by atoms with Crippen molar-refractivity contribution in [1.29, 1.82) is 0 Å². The number of hydrogen-bond donors (Lipinski definition) is 1. The molecule has 3 unspecified atom stereocenters. The van der Waals surface area contributed by atoms with Gasteiger partial charge in [-0.25, -0.2) is 0 Å². The van der Waals surface area contributed by atoms with Gasteiger partial charge in [-0.15, -0.1) is 0 Å². The molecular weight excluding hydrogens is 222 g/mol. The zero-order valence-corrected chi connectivity index (χ0v) is 12.7. The minimum Gasteiger partial charge on any atom is -0.375 e. The second-order valence-electron chi connectivity index (χ2n) is 7.04. The molecule has 2 aliphatic rings. The van der Waals surface area contributed by atoms with Crippen LogP contribution in [-0.4, -0.2) is 24.8 Å². The SMILES string of the molecule is CC(C)NCC(C)C(C)C1CCOC2(CCC2)C1. The number of hydrogen-bond acceptors (Lipinski definition) is 2. The maximum Gasteiger partial charge on any atom is 0.0685 e. The zero-order chi connectivity index (χ0) is 13.2. The first kappa shape index (κ1) is 14.3.